The molecular weight excluding hydrogens is 304 g/mol. The van der Waals surface area contributed by atoms with Gasteiger partial charge in [-0.1, -0.05) is 71.0 Å². The van der Waals surface area contributed by atoms with Gasteiger partial charge in [0.05, 0.1) is 12.2 Å². The fraction of sp³-hybridized carbons (Fsp3) is 0.700. The second-order valence-corrected chi connectivity index (χ2v) is 6.61. The van der Waals surface area contributed by atoms with Crippen LogP contribution in [-0.2, 0) is 0 Å². The van der Waals surface area contributed by atoms with Gasteiger partial charge in [-0.25, -0.2) is 0 Å². The number of benzene rings is 1. The number of aliphatic hydroxyl groups excluding tert-OH is 1. The minimum atomic E-state index is -0.728. The molecule has 2 aliphatic rings. The number of aryl methyl sites for hydroxylation is 1. The van der Waals surface area contributed by atoms with Crippen LogP contribution in [0.25, 0.3) is 0 Å². The molecule has 0 spiro atoms. The van der Waals surface area contributed by atoms with Crippen molar-refractivity contribution in [2.45, 2.75) is 72.2 Å². The van der Waals surface area contributed by atoms with Gasteiger partial charge < -0.3 is 10.2 Å². The molecule has 3 heteroatoms. The van der Waals surface area contributed by atoms with Crippen molar-refractivity contribution in [1.82, 2.24) is 0 Å². The first kappa shape index (κ1) is 24.7. The van der Waals surface area contributed by atoms with Gasteiger partial charge in [0.15, 0.2) is 0 Å². The van der Waals surface area contributed by atoms with E-state index in [1.54, 1.807) is 0 Å². The molecular formula is C20H38O2S. The quantitative estimate of drug-likeness (QED) is 0.726. The average Bonchev–Trinajstić information content (AvgIpc) is 3.18. The minimum absolute atomic E-state index is 0. The summed E-state index contributed by atoms with van der Waals surface area (Å²) in [6.45, 7) is 10.0. The third-order valence-electron chi connectivity index (χ3n) is 3.98. The van der Waals surface area contributed by atoms with Gasteiger partial charge in [0.1, 0.15) is 0 Å². The molecule has 1 unspecified atom stereocenters. The lowest BCUT2D eigenvalue weighted by molar-refractivity contribution is -0.0429. The van der Waals surface area contributed by atoms with E-state index in [1.165, 1.54) is 5.56 Å². The van der Waals surface area contributed by atoms with Gasteiger partial charge in [-0.05, 0) is 31.9 Å². The first-order valence-corrected chi connectivity index (χ1v) is 9.67. The predicted octanol–water partition coefficient (Wildman–Crippen LogP) is 5.31. The maximum absolute atomic E-state index is 9.91. The zero-order valence-corrected chi connectivity index (χ0v) is 15.7. The Labute approximate surface area is 148 Å². The van der Waals surface area contributed by atoms with Crippen molar-refractivity contribution in [2.75, 3.05) is 12.4 Å². The van der Waals surface area contributed by atoms with Gasteiger partial charge >= 0.3 is 0 Å². The summed E-state index contributed by atoms with van der Waals surface area (Å²) in [6, 6.07) is 10.3. The molecule has 1 saturated carbocycles. The molecule has 3 atom stereocenters. The fourth-order valence-corrected chi connectivity index (χ4v) is 4.45. The van der Waals surface area contributed by atoms with E-state index in [0.717, 1.165) is 25.0 Å². The normalized spacial score (nSPS) is 26.9. The third kappa shape index (κ3) is 7.73. The predicted molar refractivity (Wildman–Crippen MR) is 106 cm³/mol. The van der Waals surface area contributed by atoms with Crippen LogP contribution in [0.4, 0.5) is 0 Å². The Morgan fingerprint density at radius 1 is 1.09 bits per heavy atom. The van der Waals surface area contributed by atoms with Crippen LogP contribution >= 0.6 is 11.8 Å². The molecule has 0 amide bonds. The number of thioether (sulfide) groups is 1. The average molecular weight is 343 g/mol. The summed E-state index contributed by atoms with van der Waals surface area (Å²) in [5, 5.41) is 19.6. The van der Waals surface area contributed by atoms with E-state index < -0.39 is 5.60 Å². The summed E-state index contributed by atoms with van der Waals surface area (Å²) in [5.41, 5.74) is 0.594. The summed E-state index contributed by atoms with van der Waals surface area (Å²) in [5.74, 6) is 1.54. The lowest BCUT2D eigenvalue weighted by Crippen LogP contribution is -2.38. The highest BCUT2D eigenvalue weighted by Crippen LogP contribution is 2.48. The lowest BCUT2D eigenvalue weighted by Gasteiger charge is -2.26. The van der Waals surface area contributed by atoms with Crippen molar-refractivity contribution in [1.29, 1.82) is 0 Å². The van der Waals surface area contributed by atoms with Crippen LogP contribution in [0.15, 0.2) is 30.3 Å². The summed E-state index contributed by atoms with van der Waals surface area (Å²) < 4.78 is 0. The van der Waals surface area contributed by atoms with Crippen LogP contribution < -0.4 is 0 Å². The number of aliphatic hydroxyl groups is 2. The smallest absolute Gasteiger partial charge is 0.0916 e. The standard InChI is InChI=1S/C8H14O2S.C7H8.2C2H6.CH4/c9-5-8(10)3-1-7-6(8)2-4-11-7;1-7-5-3-2-4-6-7;2*1-2;/h6-7,9-10H,1-5H2;2-6H,1H3;2*1-2H3;1H4/t6-,7?,8-;;;;/m0..../s1. The second kappa shape index (κ2) is 13.9. The molecule has 1 saturated heterocycles. The molecule has 1 aliphatic heterocycles. The van der Waals surface area contributed by atoms with Gasteiger partial charge in [-0.2, -0.15) is 11.8 Å². The highest BCUT2D eigenvalue weighted by Gasteiger charge is 2.49. The molecule has 1 aromatic carbocycles. The van der Waals surface area contributed by atoms with Crippen LogP contribution in [0.5, 0.6) is 0 Å². The SMILES string of the molecule is C.CC.CC.Cc1ccccc1.OC[C@@]1(O)CCC2SCC[C@@H]21. The van der Waals surface area contributed by atoms with Gasteiger partial charge in [0.25, 0.3) is 0 Å². The Morgan fingerprint density at radius 2 is 1.65 bits per heavy atom. The molecule has 1 heterocycles. The Kier molecular flexibility index (Phi) is 14.9. The number of rotatable bonds is 1. The molecule has 0 bridgehead atoms. The molecule has 2 fully saturated rings. The molecule has 3 rings (SSSR count). The molecule has 136 valence electrons. The van der Waals surface area contributed by atoms with Crippen molar-refractivity contribution in [3.8, 4) is 0 Å². The third-order valence-corrected chi connectivity index (χ3v) is 5.44. The summed E-state index contributed by atoms with van der Waals surface area (Å²) >= 11 is 1.96. The van der Waals surface area contributed by atoms with Gasteiger partial charge in [0.2, 0.25) is 0 Å². The zero-order chi connectivity index (χ0) is 17.0. The fourth-order valence-electron chi connectivity index (χ4n) is 2.86. The van der Waals surface area contributed by atoms with Crippen LogP contribution in [0.2, 0.25) is 0 Å². The number of hydrogen-bond acceptors (Lipinski definition) is 3. The minimum Gasteiger partial charge on any atom is -0.393 e. The van der Waals surface area contributed by atoms with Crippen molar-refractivity contribution < 1.29 is 10.2 Å². The Bertz CT molecular complexity index is 369. The van der Waals surface area contributed by atoms with E-state index in [1.807, 2.05) is 57.7 Å². The summed E-state index contributed by atoms with van der Waals surface area (Å²) in [6.07, 6.45) is 2.98. The van der Waals surface area contributed by atoms with Crippen molar-refractivity contribution in [2.24, 2.45) is 5.92 Å². The molecule has 2 N–H and O–H groups in total. The monoisotopic (exact) mass is 342 g/mol. The highest BCUT2D eigenvalue weighted by molar-refractivity contribution is 8.00. The first-order valence-electron chi connectivity index (χ1n) is 8.62. The van der Waals surface area contributed by atoms with Gasteiger partial charge in [-0.3, -0.25) is 0 Å². The molecule has 2 nitrogen and oxygen atoms in total. The van der Waals surface area contributed by atoms with E-state index in [4.69, 9.17) is 5.11 Å². The number of fused-ring (bicyclic) bond motifs is 1. The van der Waals surface area contributed by atoms with E-state index in [-0.39, 0.29) is 14.0 Å². The van der Waals surface area contributed by atoms with Crippen LogP contribution in [0.1, 0.15) is 59.9 Å². The maximum Gasteiger partial charge on any atom is 0.0916 e. The van der Waals surface area contributed by atoms with Gasteiger partial charge in [0, 0.05) is 11.2 Å². The Balaban J connectivity index is 0. The maximum atomic E-state index is 9.91. The van der Waals surface area contributed by atoms with Crippen molar-refractivity contribution in [3.05, 3.63) is 35.9 Å². The molecule has 1 aliphatic carbocycles. The van der Waals surface area contributed by atoms with Crippen molar-refractivity contribution >= 4 is 11.8 Å². The van der Waals surface area contributed by atoms with E-state index >= 15 is 0 Å². The Hall–Kier alpha value is -0.510. The molecule has 0 radical (unpaired) electrons. The van der Waals surface area contributed by atoms with Crippen LogP contribution in [0.3, 0.4) is 0 Å². The van der Waals surface area contributed by atoms with Gasteiger partial charge in [-0.15, -0.1) is 0 Å². The number of hydrogen-bond donors (Lipinski definition) is 2. The van der Waals surface area contributed by atoms with Crippen molar-refractivity contribution in [3.63, 3.8) is 0 Å². The Morgan fingerprint density at radius 3 is 2.09 bits per heavy atom. The lowest BCUT2D eigenvalue weighted by atomic mass is 9.90. The highest BCUT2D eigenvalue weighted by atomic mass is 32.2. The second-order valence-electron chi connectivity index (χ2n) is 5.26. The molecule has 1 aromatic rings. The van der Waals surface area contributed by atoms with E-state index in [0.29, 0.717) is 11.2 Å². The first-order chi connectivity index (χ1) is 10.7. The van der Waals surface area contributed by atoms with E-state index in [9.17, 15) is 5.11 Å². The topological polar surface area (TPSA) is 40.5 Å². The molecule has 23 heavy (non-hydrogen) atoms. The zero-order valence-electron chi connectivity index (χ0n) is 14.9. The summed E-state index contributed by atoms with van der Waals surface area (Å²) in [7, 11) is 0. The van der Waals surface area contributed by atoms with E-state index in [2.05, 4.69) is 19.1 Å². The van der Waals surface area contributed by atoms with Crippen LogP contribution in [-0.4, -0.2) is 33.4 Å². The summed E-state index contributed by atoms with van der Waals surface area (Å²) in [4.78, 5) is 0. The molecule has 0 aromatic heterocycles. The van der Waals surface area contributed by atoms with Crippen LogP contribution in [0, 0.1) is 12.8 Å². The largest absolute Gasteiger partial charge is 0.393 e.